The van der Waals surface area contributed by atoms with Gasteiger partial charge in [0.05, 0.1) is 0 Å². The molecule has 0 radical (unpaired) electrons. The molecule has 0 aromatic heterocycles. The minimum absolute atomic E-state index is 0.0179. The standard InChI is InChI=1S/C17H18ClNO2/c1-13-5-3-4-6-14(13)11-19(2)17(20)12-21-16-9-7-15(18)8-10-16/h3-10H,11-12H2,1-2H3. The molecule has 110 valence electrons. The van der Waals surface area contributed by atoms with Gasteiger partial charge in [0.1, 0.15) is 5.75 Å². The largest absolute Gasteiger partial charge is 0.484 e. The maximum absolute atomic E-state index is 12.1. The fraction of sp³-hybridized carbons (Fsp3) is 0.235. The molecule has 4 heteroatoms. The van der Waals surface area contributed by atoms with Gasteiger partial charge in [-0.2, -0.15) is 0 Å². The van der Waals surface area contributed by atoms with Gasteiger partial charge in [-0.25, -0.2) is 0 Å². The third kappa shape index (κ3) is 4.50. The molecule has 0 aliphatic rings. The summed E-state index contributed by atoms with van der Waals surface area (Å²) in [5, 5.41) is 0.644. The number of carbonyl (C=O) groups excluding carboxylic acids is 1. The molecular weight excluding hydrogens is 286 g/mol. The summed E-state index contributed by atoms with van der Waals surface area (Å²) in [6, 6.07) is 15.0. The monoisotopic (exact) mass is 303 g/mol. The predicted octanol–water partition coefficient (Wildman–Crippen LogP) is 3.69. The zero-order chi connectivity index (χ0) is 15.2. The molecule has 0 heterocycles. The third-order valence-electron chi connectivity index (χ3n) is 3.27. The highest BCUT2D eigenvalue weighted by Gasteiger charge is 2.11. The Labute approximate surface area is 130 Å². The van der Waals surface area contributed by atoms with Crippen molar-refractivity contribution in [2.45, 2.75) is 13.5 Å². The van der Waals surface area contributed by atoms with Crippen molar-refractivity contribution in [2.75, 3.05) is 13.7 Å². The molecule has 0 unspecified atom stereocenters. The maximum Gasteiger partial charge on any atom is 0.260 e. The van der Waals surface area contributed by atoms with Crippen molar-refractivity contribution in [3.05, 3.63) is 64.7 Å². The molecule has 3 nitrogen and oxygen atoms in total. The Morgan fingerprint density at radius 3 is 2.48 bits per heavy atom. The van der Waals surface area contributed by atoms with E-state index < -0.39 is 0 Å². The van der Waals surface area contributed by atoms with Gasteiger partial charge < -0.3 is 9.64 Å². The van der Waals surface area contributed by atoms with Crippen LogP contribution in [0.3, 0.4) is 0 Å². The topological polar surface area (TPSA) is 29.5 Å². The second kappa shape index (κ2) is 7.14. The van der Waals surface area contributed by atoms with Crippen molar-refractivity contribution >= 4 is 17.5 Å². The fourth-order valence-corrected chi connectivity index (χ4v) is 2.04. The summed E-state index contributed by atoms with van der Waals surface area (Å²) in [7, 11) is 1.78. The van der Waals surface area contributed by atoms with E-state index in [1.165, 1.54) is 5.56 Å². The average Bonchev–Trinajstić information content (AvgIpc) is 2.48. The van der Waals surface area contributed by atoms with Crippen LogP contribution in [-0.2, 0) is 11.3 Å². The maximum atomic E-state index is 12.1. The number of halogens is 1. The van der Waals surface area contributed by atoms with E-state index in [0.717, 1.165) is 5.56 Å². The lowest BCUT2D eigenvalue weighted by atomic mass is 10.1. The Morgan fingerprint density at radius 1 is 1.14 bits per heavy atom. The first-order chi connectivity index (χ1) is 10.1. The summed E-state index contributed by atoms with van der Waals surface area (Å²) < 4.78 is 5.46. The summed E-state index contributed by atoms with van der Waals surface area (Å²) in [6.45, 7) is 2.64. The zero-order valence-corrected chi connectivity index (χ0v) is 12.9. The molecule has 0 N–H and O–H groups in total. The Balaban J connectivity index is 1.88. The van der Waals surface area contributed by atoms with Crippen molar-refractivity contribution in [3.8, 4) is 5.75 Å². The number of aryl methyl sites for hydroxylation is 1. The van der Waals surface area contributed by atoms with E-state index >= 15 is 0 Å². The van der Waals surface area contributed by atoms with Crippen LogP contribution in [-0.4, -0.2) is 24.5 Å². The van der Waals surface area contributed by atoms with Crippen LogP contribution in [0.1, 0.15) is 11.1 Å². The van der Waals surface area contributed by atoms with Crippen molar-refractivity contribution in [1.82, 2.24) is 4.90 Å². The second-order valence-electron chi connectivity index (χ2n) is 4.92. The molecule has 2 aromatic carbocycles. The fourth-order valence-electron chi connectivity index (χ4n) is 1.92. The normalized spacial score (nSPS) is 10.2. The van der Waals surface area contributed by atoms with E-state index in [9.17, 15) is 4.79 Å². The minimum Gasteiger partial charge on any atom is -0.484 e. The Morgan fingerprint density at radius 2 is 1.81 bits per heavy atom. The molecule has 0 spiro atoms. The highest BCUT2D eigenvalue weighted by atomic mass is 35.5. The summed E-state index contributed by atoms with van der Waals surface area (Å²) in [4.78, 5) is 13.7. The number of hydrogen-bond donors (Lipinski definition) is 0. The van der Waals surface area contributed by atoms with Crippen molar-refractivity contribution < 1.29 is 9.53 Å². The van der Waals surface area contributed by atoms with E-state index in [1.54, 1.807) is 36.2 Å². The average molecular weight is 304 g/mol. The van der Waals surface area contributed by atoms with E-state index in [4.69, 9.17) is 16.3 Å². The molecule has 0 fully saturated rings. The van der Waals surface area contributed by atoms with Crippen LogP contribution in [0.15, 0.2) is 48.5 Å². The lowest BCUT2D eigenvalue weighted by molar-refractivity contribution is -0.132. The highest BCUT2D eigenvalue weighted by Crippen LogP contribution is 2.15. The smallest absolute Gasteiger partial charge is 0.260 e. The van der Waals surface area contributed by atoms with Gasteiger partial charge >= 0.3 is 0 Å². The number of ether oxygens (including phenoxy) is 1. The van der Waals surface area contributed by atoms with Crippen LogP contribution in [0, 0.1) is 6.92 Å². The molecule has 0 atom stereocenters. The Bertz CT molecular complexity index is 610. The molecule has 0 saturated heterocycles. The van der Waals surface area contributed by atoms with Crippen molar-refractivity contribution in [2.24, 2.45) is 0 Å². The Kier molecular flexibility index (Phi) is 5.23. The van der Waals surface area contributed by atoms with E-state index in [2.05, 4.69) is 0 Å². The summed E-state index contributed by atoms with van der Waals surface area (Å²) in [5.41, 5.74) is 2.32. The molecule has 0 aliphatic carbocycles. The van der Waals surface area contributed by atoms with E-state index in [0.29, 0.717) is 17.3 Å². The van der Waals surface area contributed by atoms with Crippen LogP contribution in [0.4, 0.5) is 0 Å². The first kappa shape index (κ1) is 15.4. The first-order valence-electron chi connectivity index (χ1n) is 6.73. The van der Waals surface area contributed by atoms with Gasteiger partial charge in [-0.3, -0.25) is 4.79 Å². The van der Waals surface area contributed by atoms with Gasteiger partial charge in [0.15, 0.2) is 6.61 Å². The lowest BCUT2D eigenvalue weighted by Crippen LogP contribution is -2.31. The SMILES string of the molecule is Cc1ccccc1CN(C)C(=O)COc1ccc(Cl)cc1. The number of rotatable bonds is 5. The number of hydrogen-bond acceptors (Lipinski definition) is 2. The van der Waals surface area contributed by atoms with Crippen LogP contribution in [0.25, 0.3) is 0 Å². The molecule has 0 bridgehead atoms. The zero-order valence-electron chi connectivity index (χ0n) is 12.2. The van der Waals surface area contributed by atoms with Crippen LogP contribution >= 0.6 is 11.6 Å². The lowest BCUT2D eigenvalue weighted by Gasteiger charge is -2.18. The molecule has 21 heavy (non-hydrogen) atoms. The third-order valence-corrected chi connectivity index (χ3v) is 3.52. The minimum atomic E-state index is -0.0618. The Hall–Kier alpha value is -2.00. The van der Waals surface area contributed by atoms with E-state index in [-0.39, 0.29) is 12.5 Å². The summed E-state index contributed by atoms with van der Waals surface area (Å²) in [5.74, 6) is 0.574. The molecule has 2 aromatic rings. The van der Waals surface area contributed by atoms with Gasteiger partial charge in [0.2, 0.25) is 0 Å². The van der Waals surface area contributed by atoms with Gasteiger partial charge in [0.25, 0.3) is 5.91 Å². The predicted molar refractivity (Wildman–Crippen MR) is 84.6 cm³/mol. The first-order valence-corrected chi connectivity index (χ1v) is 7.11. The van der Waals surface area contributed by atoms with Gasteiger partial charge in [-0.05, 0) is 42.3 Å². The van der Waals surface area contributed by atoms with E-state index in [1.807, 2.05) is 31.2 Å². The number of amides is 1. The van der Waals surface area contributed by atoms with Crippen molar-refractivity contribution in [3.63, 3.8) is 0 Å². The molecule has 1 amide bonds. The number of carbonyl (C=O) groups is 1. The van der Waals surface area contributed by atoms with Gasteiger partial charge in [-0.15, -0.1) is 0 Å². The second-order valence-corrected chi connectivity index (χ2v) is 5.36. The molecular formula is C17H18ClNO2. The summed E-state index contributed by atoms with van der Waals surface area (Å²) >= 11 is 5.80. The quantitative estimate of drug-likeness (QED) is 0.843. The molecule has 0 saturated carbocycles. The van der Waals surface area contributed by atoms with Crippen LogP contribution in [0.2, 0.25) is 5.02 Å². The highest BCUT2D eigenvalue weighted by molar-refractivity contribution is 6.30. The molecule has 0 aliphatic heterocycles. The molecule has 2 rings (SSSR count). The van der Waals surface area contributed by atoms with Crippen LogP contribution < -0.4 is 4.74 Å². The van der Waals surface area contributed by atoms with Gasteiger partial charge in [0, 0.05) is 18.6 Å². The van der Waals surface area contributed by atoms with Gasteiger partial charge in [-0.1, -0.05) is 35.9 Å². The number of benzene rings is 2. The van der Waals surface area contributed by atoms with Crippen molar-refractivity contribution in [1.29, 1.82) is 0 Å². The number of likely N-dealkylation sites (N-methyl/N-ethyl adjacent to an activating group) is 1. The number of nitrogens with zero attached hydrogens (tertiary/aromatic N) is 1. The van der Waals surface area contributed by atoms with Crippen LogP contribution in [0.5, 0.6) is 5.75 Å². The summed E-state index contributed by atoms with van der Waals surface area (Å²) in [6.07, 6.45) is 0.